The maximum Gasteiger partial charge on any atom is 0.187 e. The third-order valence-corrected chi connectivity index (χ3v) is 10.0. The van der Waals surface area contributed by atoms with E-state index in [1.807, 2.05) is 0 Å². The lowest BCUT2D eigenvalue weighted by Gasteiger charge is -2.16. The van der Waals surface area contributed by atoms with Crippen LogP contribution < -0.4 is 28.4 Å². The third kappa shape index (κ3) is 2.61. The number of thiophene rings is 3. The molecule has 0 atom stereocenters. The molecule has 2 N–H and O–H groups in total. The Bertz CT molecular complexity index is 1030. The fourth-order valence-electron chi connectivity index (χ4n) is 3.20. The van der Waals surface area contributed by atoms with E-state index in [2.05, 4.69) is 41.3 Å². The smallest absolute Gasteiger partial charge is 0.187 e. The number of halogens is 2. The van der Waals surface area contributed by atoms with Gasteiger partial charge in [0.1, 0.15) is 34.0 Å². The average molecular weight is 582 g/mol. The van der Waals surface area contributed by atoms with Crippen LogP contribution >= 0.6 is 78.0 Å². The van der Waals surface area contributed by atoms with Gasteiger partial charge in [0.2, 0.25) is 0 Å². The molecule has 3 aromatic heterocycles. The molecule has 0 unspecified atom stereocenters. The lowest BCUT2D eigenvalue weighted by molar-refractivity contribution is 0.173. The van der Waals surface area contributed by atoms with Crippen molar-refractivity contribution in [3.63, 3.8) is 0 Å². The van der Waals surface area contributed by atoms with Gasteiger partial charge in [0.15, 0.2) is 23.0 Å². The van der Waals surface area contributed by atoms with Crippen molar-refractivity contribution >= 4 is 89.4 Å². The van der Waals surface area contributed by atoms with Crippen LogP contribution in [0.15, 0.2) is 7.57 Å². The summed E-state index contributed by atoms with van der Waals surface area (Å²) in [5.41, 5.74) is 2.12. The minimum absolute atomic E-state index is 0.556. The first-order chi connectivity index (χ1) is 13.7. The zero-order valence-electron chi connectivity index (χ0n) is 13.9. The number of anilines is 2. The summed E-state index contributed by atoms with van der Waals surface area (Å²) in [5, 5.41) is 0. The van der Waals surface area contributed by atoms with Crippen LogP contribution in [-0.4, -0.2) is 26.4 Å². The van der Waals surface area contributed by atoms with Crippen molar-refractivity contribution in [2.75, 3.05) is 35.9 Å². The summed E-state index contributed by atoms with van der Waals surface area (Å²) in [6, 6.07) is 0. The Morgan fingerprint density at radius 3 is 1.46 bits per heavy atom. The highest BCUT2D eigenvalue weighted by Gasteiger charge is 2.34. The van der Waals surface area contributed by atoms with E-state index in [4.69, 9.17) is 18.9 Å². The Labute approximate surface area is 193 Å². The summed E-state index contributed by atoms with van der Waals surface area (Å²) in [5.74, 6) is 3.21. The van der Waals surface area contributed by atoms with Crippen molar-refractivity contribution < 1.29 is 18.9 Å². The van der Waals surface area contributed by atoms with Crippen molar-refractivity contribution in [2.24, 2.45) is 0 Å². The van der Waals surface area contributed by atoms with Gasteiger partial charge in [-0.05, 0) is 31.9 Å². The second-order valence-electron chi connectivity index (χ2n) is 5.94. The van der Waals surface area contributed by atoms with E-state index in [1.165, 1.54) is 12.1 Å². The normalized spacial score (nSPS) is 16.5. The molecule has 6 rings (SSSR count). The number of nitrogens with one attached hydrogen (secondary N) is 2. The average Bonchev–Trinajstić information content (AvgIpc) is 3.46. The molecule has 6 heterocycles. The Balaban J connectivity index is 1.55. The molecule has 3 aliphatic rings. The van der Waals surface area contributed by atoms with Gasteiger partial charge in [-0.1, -0.05) is 0 Å². The van der Waals surface area contributed by atoms with Gasteiger partial charge in [-0.15, -0.1) is 34.0 Å². The first kappa shape index (κ1) is 18.0. The van der Waals surface area contributed by atoms with E-state index in [0.29, 0.717) is 26.4 Å². The lowest BCUT2D eigenvalue weighted by atomic mass is 10.2. The zero-order chi connectivity index (χ0) is 18.8. The standard InChI is InChI=1S/C16H10Br2N2O4S4/c17-15-9-7(21-1-3-23-9)13(26-15)11-5-6(20-28-19-5)12(25-11)14-8-10(16(18)27-14)24-4-2-22-8/h19-20H,1-4H2. The van der Waals surface area contributed by atoms with Crippen LogP contribution in [0.3, 0.4) is 0 Å². The molecule has 0 saturated carbocycles. The maximum atomic E-state index is 5.96. The largest absolute Gasteiger partial charge is 0.485 e. The quantitative estimate of drug-likeness (QED) is 0.328. The molecule has 0 fully saturated rings. The van der Waals surface area contributed by atoms with Crippen molar-refractivity contribution in [1.82, 2.24) is 0 Å². The molecule has 0 amide bonds. The Morgan fingerprint density at radius 2 is 1.00 bits per heavy atom. The van der Waals surface area contributed by atoms with Gasteiger partial charge in [0.05, 0.1) is 43.0 Å². The molecule has 3 aromatic rings. The molecule has 0 aliphatic carbocycles. The summed E-state index contributed by atoms with van der Waals surface area (Å²) in [6.45, 7) is 2.25. The Hall–Kier alpha value is -0.790. The molecular formula is C16H10Br2N2O4S4. The molecule has 0 radical (unpaired) electrons. The van der Waals surface area contributed by atoms with Gasteiger partial charge in [-0.2, -0.15) is 0 Å². The van der Waals surface area contributed by atoms with Crippen LogP contribution in [0, 0.1) is 0 Å². The highest BCUT2D eigenvalue weighted by molar-refractivity contribution is 9.11. The fourth-order valence-corrected chi connectivity index (χ4v) is 8.87. The van der Waals surface area contributed by atoms with E-state index >= 15 is 0 Å². The molecule has 0 spiro atoms. The molecule has 6 nitrogen and oxygen atoms in total. The van der Waals surface area contributed by atoms with E-state index in [9.17, 15) is 0 Å². The predicted molar refractivity (Wildman–Crippen MR) is 123 cm³/mol. The second-order valence-corrected chi connectivity index (χ2v) is 12.2. The lowest BCUT2D eigenvalue weighted by Crippen LogP contribution is -2.14. The summed E-state index contributed by atoms with van der Waals surface area (Å²) >= 11 is 13.7. The molecule has 146 valence electrons. The van der Waals surface area contributed by atoms with E-state index in [-0.39, 0.29) is 0 Å². The van der Waals surface area contributed by atoms with Crippen molar-refractivity contribution in [3.8, 4) is 42.5 Å². The monoisotopic (exact) mass is 580 g/mol. The second kappa shape index (κ2) is 6.88. The van der Waals surface area contributed by atoms with Gasteiger partial charge in [0, 0.05) is 0 Å². The predicted octanol–water partition coefficient (Wildman–Crippen LogP) is 6.67. The van der Waals surface area contributed by atoms with Gasteiger partial charge < -0.3 is 28.4 Å². The summed E-state index contributed by atoms with van der Waals surface area (Å²) in [6.07, 6.45) is 0. The molecule has 0 aromatic carbocycles. The number of hydrogen-bond donors (Lipinski definition) is 2. The van der Waals surface area contributed by atoms with Crippen LogP contribution in [0.2, 0.25) is 0 Å². The SMILES string of the molecule is Brc1sc(-c2sc(-c3sc(Br)c4c3OCCO4)c3c2NSN3)c2c1OCCO2. The van der Waals surface area contributed by atoms with Crippen LogP contribution in [0.1, 0.15) is 0 Å². The summed E-state index contributed by atoms with van der Waals surface area (Å²) in [4.78, 5) is 4.37. The van der Waals surface area contributed by atoms with Crippen molar-refractivity contribution in [1.29, 1.82) is 0 Å². The van der Waals surface area contributed by atoms with Gasteiger partial charge in [0.25, 0.3) is 0 Å². The number of ether oxygens (including phenoxy) is 4. The molecular weight excluding hydrogens is 572 g/mol. The zero-order valence-corrected chi connectivity index (χ0v) is 20.3. The molecule has 0 bridgehead atoms. The number of hydrogen-bond acceptors (Lipinski definition) is 10. The first-order valence-electron chi connectivity index (χ1n) is 8.23. The van der Waals surface area contributed by atoms with E-state index < -0.39 is 0 Å². The van der Waals surface area contributed by atoms with Gasteiger partial charge >= 0.3 is 0 Å². The van der Waals surface area contributed by atoms with E-state index in [1.54, 1.807) is 34.0 Å². The van der Waals surface area contributed by atoms with Crippen LogP contribution in [0.5, 0.6) is 23.0 Å². The minimum atomic E-state index is 0.556. The number of rotatable bonds is 2. The fraction of sp³-hybridized carbons (Fsp3) is 0.250. The topological polar surface area (TPSA) is 61.0 Å². The maximum absolute atomic E-state index is 5.96. The van der Waals surface area contributed by atoms with Gasteiger partial charge in [-0.25, -0.2) is 0 Å². The molecule has 12 heteroatoms. The molecule has 28 heavy (non-hydrogen) atoms. The number of fused-ring (bicyclic) bond motifs is 3. The van der Waals surface area contributed by atoms with Crippen LogP contribution in [0.25, 0.3) is 19.5 Å². The van der Waals surface area contributed by atoms with Crippen LogP contribution in [-0.2, 0) is 0 Å². The third-order valence-electron chi connectivity index (χ3n) is 4.34. The van der Waals surface area contributed by atoms with Crippen molar-refractivity contribution in [3.05, 3.63) is 7.57 Å². The first-order valence-corrected chi connectivity index (χ1v) is 13.1. The van der Waals surface area contributed by atoms with Crippen molar-refractivity contribution in [2.45, 2.75) is 0 Å². The highest BCUT2D eigenvalue weighted by Crippen LogP contribution is 2.63. The summed E-state index contributed by atoms with van der Waals surface area (Å²) < 4.78 is 32.2. The van der Waals surface area contributed by atoms with E-state index in [0.717, 1.165) is 61.5 Å². The molecule has 0 saturated heterocycles. The molecule has 3 aliphatic heterocycles. The summed E-state index contributed by atoms with van der Waals surface area (Å²) in [7, 11) is 0. The Kier molecular flexibility index (Phi) is 4.43. The highest BCUT2D eigenvalue weighted by atomic mass is 79.9. The van der Waals surface area contributed by atoms with Gasteiger partial charge in [-0.3, -0.25) is 0 Å². The van der Waals surface area contributed by atoms with Crippen LogP contribution in [0.4, 0.5) is 11.4 Å². The Morgan fingerprint density at radius 1 is 0.571 bits per heavy atom. The minimum Gasteiger partial charge on any atom is -0.485 e.